The molecule has 0 aliphatic heterocycles. The van der Waals surface area contributed by atoms with E-state index in [9.17, 15) is 4.39 Å². The predicted molar refractivity (Wildman–Crippen MR) is 44.4 cm³/mol. The summed E-state index contributed by atoms with van der Waals surface area (Å²) >= 11 is 0. The van der Waals surface area contributed by atoms with Crippen LogP contribution in [0.1, 0.15) is 5.89 Å². The number of rotatable bonds is 1. The highest BCUT2D eigenvalue weighted by molar-refractivity contribution is 5.55. The Bertz CT molecular complexity index is 425. The first kappa shape index (κ1) is 7.91. The van der Waals surface area contributed by atoms with E-state index in [0.29, 0.717) is 17.2 Å². The molecule has 2 aromatic rings. The second kappa shape index (κ2) is 2.97. The van der Waals surface area contributed by atoms with Crippen LogP contribution < -0.4 is 0 Å². The van der Waals surface area contributed by atoms with E-state index < -0.39 is 5.82 Å². The minimum Gasteiger partial charge on any atom is -0.441 e. The SMILES string of the molecule is Cc1ncc(-c2ccncc2F)o1. The number of halogens is 1. The van der Waals surface area contributed by atoms with Crippen LogP contribution in [0.4, 0.5) is 4.39 Å². The zero-order valence-corrected chi connectivity index (χ0v) is 6.99. The standard InChI is InChI=1S/C9H7FN2O/c1-6-12-5-9(13-6)7-2-3-11-4-8(7)10/h2-5H,1H3. The van der Waals surface area contributed by atoms with Gasteiger partial charge in [-0.2, -0.15) is 0 Å². The van der Waals surface area contributed by atoms with Crippen LogP contribution in [0.15, 0.2) is 29.1 Å². The predicted octanol–water partition coefficient (Wildman–Crippen LogP) is 2.18. The fraction of sp³-hybridized carbons (Fsp3) is 0.111. The lowest BCUT2D eigenvalue weighted by Crippen LogP contribution is -1.82. The molecule has 0 spiro atoms. The maximum absolute atomic E-state index is 13.1. The number of hydrogen-bond acceptors (Lipinski definition) is 3. The van der Waals surface area contributed by atoms with Crippen molar-refractivity contribution in [2.45, 2.75) is 6.92 Å². The highest BCUT2D eigenvalue weighted by atomic mass is 19.1. The zero-order chi connectivity index (χ0) is 9.26. The Kier molecular flexibility index (Phi) is 1.81. The first-order valence-electron chi connectivity index (χ1n) is 3.79. The first-order valence-corrected chi connectivity index (χ1v) is 3.79. The van der Waals surface area contributed by atoms with E-state index >= 15 is 0 Å². The van der Waals surface area contributed by atoms with Gasteiger partial charge in [0.2, 0.25) is 0 Å². The number of oxazole rings is 1. The van der Waals surface area contributed by atoms with E-state index in [0.717, 1.165) is 6.20 Å². The fourth-order valence-electron chi connectivity index (χ4n) is 1.06. The Labute approximate surface area is 74.3 Å². The van der Waals surface area contributed by atoms with Gasteiger partial charge in [0.1, 0.15) is 0 Å². The van der Waals surface area contributed by atoms with Crippen molar-refractivity contribution in [3.05, 3.63) is 36.4 Å². The van der Waals surface area contributed by atoms with Crippen molar-refractivity contribution < 1.29 is 8.81 Å². The maximum Gasteiger partial charge on any atom is 0.191 e. The summed E-state index contributed by atoms with van der Waals surface area (Å²) in [7, 11) is 0. The maximum atomic E-state index is 13.1. The average molecular weight is 178 g/mol. The van der Waals surface area contributed by atoms with Crippen molar-refractivity contribution >= 4 is 0 Å². The number of aryl methyl sites for hydroxylation is 1. The second-order valence-corrected chi connectivity index (χ2v) is 2.60. The molecule has 0 unspecified atom stereocenters. The number of aromatic nitrogens is 2. The van der Waals surface area contributed by atoms with Gasteiger partial charge in [0.05, 0.1) is 18.0 Å². The molecule has 2 heterocycles. The smallest absolute Gasteiger partial charge is 0.191 e. The summed E-state index contributed by atoms with van der Waals surface area (Å²) in [6.45, 7) is 1.71. The third-order valence-electron chi connectivity index (χ3n) is 1.66. The Morgan fingerprint density at radius 2 is 2.23 bits per heavy atom. The summed E-state index contributed by atoms with van der Waals surface area (Å²) in [4.78, 5) is 7.52. The van der Waals surface area contributed by atoms with Crippen molar-refractivity contribution in [1.29, 1.82) is 0 Å². The largest absolute Gasteiger partial charge is 0.441 e. The molecule has 0 amide bonds. The van der Waals surface area contributed by atoms with Gasteiger partial charge in [-0.1, -0.05) is 0 Å². The van der Waals surface area contributed by atoms with Gasteiger partial charge in [0.15, 0.2) is 17.5 Å². The molecule has 13 heavy (non-hydrogen) atoms. The monoisotopic (exact) mass is 178 g/mol. The Balaban J connectivity index is 2.52. The van der Waals surface area contributed by atoms with Crippen LogP contribution >= 0.6 is 0 Å². The lowest BCUT2D eigenvalue weighted by atomic mass is 10.2. The van der Waals surface area contributed by atoms with Crippen LogP contribution in [0, 0.1) is 12.7 Å². The Morgan fingerprint density at radius 1 is 1.38 bits per heavy atom. The molecule has 0 saturated carbocycles. The molecule has 0 N–H and O–H groups in total. The van der Waals surface area contributed by atoms with Crippen molar-refractivity contribution in [3.8, 4) is 11.3 Å². The molecule has 0 bridgehead atoms. The molecule has 66 valence electrons. The molecule has 0 radical (unpaired) electrons. The van der Waals surface area contributed by atoms with Crippen LogP contribution in [0.5, 0.6) is 0 Å². The van der Waals surface area contributed by atoms with Crippen molar-refractivity contribution in [2.24, 2.45) is 0 Å². The van der Waals surface area contributed by atoms with Gasteiger partial charge >= 0.3 is 0 Å². The second-order valence-electron chi connectivity index (χ2n) is 2.60. The molecule has 4 heteroatoms. The Morgan fingerprint density at radius 3 is 2.85 bits per heavy atom. The molecule has 0 fully saturated rings. The van der Waals surface area contributed by atoms with Gasteiger partial charge in [-0.15, -0.1) is 0 Å². The molecule has 0 aliphatic carbocycles. The molecular weight excluding hydrogens is 171 g/mol. The van der Waals surface area contributed by atoms with Gasteiger partial charge in [-0.05, 0) is 6.07 Å². The third kappa shape index (κ3) is 1.42. The van der Waals surface area contributed by atoms with Gasteiger partial charge in [-0.3, -0.25) is 4.98 Å². The molecule has 3 nitrogen and oxygen atoms in total. The molecule has 0 aromatic carbocycles. The number of nitrogens with zero attached hydrogens (tertiary/aromatic N) is 2. The summed E-state index contributed by atoms with van der Waals surface area (Å²) in [5.41, 5.74) is 0.385. The summed E-state index contributed by atoms with van der Waals surface area (Å²) in [6, 6.07) is 1.55. The normalized spacial score (nSPS) is 10.3. The first-order chi connectivity index (χ1) is 6.27. The molecule has 2 rings (SSSR count). The fourth-order valence-corrected chi connectivity index (χ4v) is 1.06. The van der Waals surface area contributed by atoms with E-state index in [1.165, 1.54) is 12.4 Å². The lowest BCUT2D eigenvalue weighted by Gasteiger charge is -1.95. The van der Waals surface area contributed by atoms with Gasteiger partial charge in [0, 0.05) is 13.1 Å². The topological polar surface area (TPSA) is 38.9 Å². The number of hydrogen-bond donors (Lipinski definition) is 0. The summed E-state index contributed by atoms with van der Waals surface area (Å²) in [6.07, 6.45) is 4.15. The van der Waals surface area contributed by atoms with Gasteiger partial charge in [0.25, 0.3) is 0 Å². The lowest BCUT2D eigenvalue weighted by molar-refractivity contribution is 0.528. The summed E-state index contributed by atoms with van der Waals surface area (Å²) < 4.78 is 18.3. The van der Waals surface area contributed by atoms with Gasteiger partial charge in [-0.25, -0.2) is 9.37 Å². The van der Waals surface area contributed by atoms with Crippen LogP contribution in [-0.4, -0.2) is 9.97 Å². The minimum atomic E-state index is -0.404. The zero-order valence-electron chi connectivity index (χ0n) is 6.99. The van der Waals surface area contributed by atoms with E-state index in [1.807, 2.05) is 0 Å². The average Bonchev–Trinajstić information content (AvgIpc) is 2.53. The van der Waals surface area contributed by atoms with E-state index in [-0.39, 0.29) is 0 Å². The molecular formula is C9H7FN2O. The summed E-state index contributed by atoms with van der Waals surface area (Å²) in [5, 5.41) is 0. The van der Waals surface area contributed by atoms with Crippen LogP contribution in [0.2, 0.25) is 0 Å². The van der Waals surface area contributed by atoms with Crippen LogP contribution in [0.25, 0.3) is 11.3 Å². The van der Waals surface area contributed by atoms with E-state index in [4.69, 9.17) is 4.42 Å². The highest BCUT2D eigenvalue weighted by Gasteiger charge is 2.08. The Hall–Kier alpha value is -1.71. The van der Waals surface area contributed by atoms with Crippen LogP contribution in [-0.2, 0) is 0 Å². The molecule has 2 aromatic heterocycles. The highest BCUT2D eigenvalue weighted by Crippen LogP contribution is 2.21. The van der Waals surface area contributed by atoms with Gasteiger partial charge < -0.3 is 4.42 Å². The minimum absolute atomic E-state index is 0.385. The molecule has 0 saturated heterocycles. The summed E-state index contributed by atoms with van der Waals surface area (Å²) in [5.74, 6) is 0.544. The van der Waals surface area contributed by atoms with E-state index in [1.54, 1.807) is 13.0 Å². The van der Waals surface area contributed by atoms with Crippen molar-refractivity contribution in [2.75, 3.05) is 0 Å². The quantitative estimate of drug-likeness (QED) is 0.671. The molecule has 0 aliphatic rings. The third-order valence-corrected chi connectivity index (χ3v) is 1.66. The van der Waals surface area contributed by atoms with E-state index in [2.05, 4.69) is 9.97 Å². The molecule has 0 atom stereocenters. The van der Waals surface area contributed by atoms with Crippen molar-refractivity contribution in [1.82, 2.24) is 9.97 Å². The van der Waals surface area contributed by atoms with Crippen molar-refractivity contribution in [3.63, 3.8) is 0 Å². The number of pyridine rings is 1. The van der Waals surface area contributed by atoms with Crippen LogP contribution in [0.3, 0.4) is 0 Å².